The Morgan fingerprint density at radius 2 is 1.79 bits per heavy atom. The van der Waals surface area contributed by atoms with Crippen LogP contribution in [0.2, 0.25) is 15.1 Å². The van der Waals surface area contributed by atoms with Crippen molar-refractivity contribution in [2.24, 2.45) is 0 Å². The lowest BCUT2D eigenvalue weighted by Gasteiger charge is -2.36. The summed E-state index contributed by atoms with van der Waals surface area (Å²) in [4.78, 5) is 4.47. The first-order chi connectivity index (χ1) is 16.4. The van der Waals surface area contributed by atoms with Gasteiger partial charge < -0.3 is 14.5 Å². The number of nitrogens with zero attached hydrogens (tertiary/aromatic N) is 4. The molecule has 0 spiro atoms. The van der Waals surface area contributed by atoms with Crippen molar-refractivity contribution in [3.05, 3.63) is 80.9 Å². The third kappa shape index (κ3) is 4.20. The van der Waals surface area contributed by atoms with Crippen LogP contribution in [0, 0.1) is 5.21 Å². The van der Waals surface area contributed by atoms with E-state index in [1.165, 1.54) is 7.11 Å². The summed E-state index contributed by atoms with van der Waals surface area (Å²) in [5.74, 6) is 1.11. The number of hydrogen-bond donors (Lipinski definition) is 1. The van der Waals surface area contributed by atoms with Gasteiger partial charge in [0.15, 0.2) is 5.69 Å². The lowest BCUT2D eigenvalue weighted by Crippen LogP contribution is -2.53. The van der Waals surface area contributed by atoms with Gasteiger partial charge >= 0.3 is 0 Å². The summed E-state index contributed by atoms with van der Waals surface area (Å²) in [6, 6.07) is 17.4. The molecule has 174 valence electrons. The third-order valence-electron chi connectivity index (χ3n) is 5.49. The van der Waals surface area contributed by atoms with Gasteiger partial charge in [0.05, 0.1) is 35.0 Å². The zero-order chi connectivity index (χ0) is 23.9. The maximum absolute atomic E-state index is 13.6. The van der Waals surface area contributed by atoms with Crippen molar-refractivity contribution in [3.8, 4) is 28.6 Å². The Morgan fingerprint density at radius 1 is 1.06 bits per heavy atom. The summed E-state index contributed by atoms with van der Waals surface area (Å²) in [6.45, 7) is 0.635. The van der Waals surface area contributed by atoms with Crippen molar-refractivity contribution in [2.45, 2.75) is 0 Å². The summed E-state index contributed by atoms with van der Waals surface area (Å²) in [5.41, 5.74) is 5.27. The van der Waals surface area contributed by atoms with Crippen molar-refractivity contribution in [1.82, 2.24) is 20.4 Å². The van der Waals surface area contributed by atoms with Crippen LogP contribution in [0.3, 0.4) is 0 Å². The zero-order valence-electron chi connectivity index (χ0n) is 17.8. The number of para-hydroxylation sites is 1. The molecule has 1 aromatic heterocycles. The Labute approximate surface area is 210 Å². The topological polar surface area (TPSA) is 86.5 Å². The highest BCUT2D eigenvalue weighted by Gasteiger charge is 2.34. The van der Waals surface area contributed by atoms with E-state index in [-0.39, 0.29) is 12.4 Å². The normalized spacial score (nSPS) is 17.9. The van der Waals surface area contributed by atoms with E-state index in [0.717, 1.165) is 5.56 Å². The molecule has 34 heavy (non-hydrogen) atoms. The molecule has 4 aromatic rings. The fourth-order valence-electron chi connectivity index (χ4n) is 3.76. The summed E-state index contributed by atoms with van der Waals surface area (Å²) in [5, 5.41) is 20.9. The smallest absolute Gasteiger partial charge is 0.262 e. The van der Waals surface area contributed by atoms with E-state index in [2.05, 4.69) is 15.7 Å². The predicted molar refractivity (Wildman–Crippen MR) is 134 cm³/mol. The first-order valence-corrected chi connectivity index (χ1v) is 11.4. The van der Waals surface area contributed by atoms with Gasteiger partial charge in [-0.1, -0.05) is 51.6 Å². The number of nitrogens with one attached hydrogen (secondary N) is 1. The quantitative estimate of drug-likeness (QED) is 0.252. The van der Waals surface area contributed by atoms with Crippen LogP contribution >= 0.6 is 34.8 Å². The molecule has 1 unspecified atom stereocenters. The number of benzene rings is 3. The fraction of sp³-hybridized carbons (Fsp3) is 0.130. The molecule has 0 amide bonds. The van der Waals surface area contributed by atoms with E-state index in [0.29, 0.717) is 50.1 Å². The maximum atomic E-state index is 13.6. The van der Waals surface area contributed by atoms with Crippen LogP contribution in [0.1, 0.15) is 0 Å². The monoisotopic (exact) mass is 517 g/mol. The number of halogens is 3. The number of anilines is 1. The molecule has 1 N–H and O–H groups in total. The van der Waals surface area contributed by atoms with E-state index in [1.54, 1.807) is 65.7 Å². The second-order valence-electron chi connectivity index (χ2n) is 7.60. The number of quaternary nitrogens is 1. The van der Waals surface area contributed by atoms with Crippen LogP contribution in [-0.4, -0.2) is 30.3 Å². The Hall–Kier alpha value is -2.85. The van der Waals surface area contributed by atoms with Gasteiger partial charge in [-0.2, -0.15) is 4.98 Å². The second-order valence-corrected chi connectivity index (χ2v) is 8.85. The first-order valence-electron chi connectivity index (χ1n) is 10.2. The molecule has 1 saturated heterocycles. The molecule has 1 aliphatic rings. The zero-order valence-corrected chi connectivity index (χ0v) is 20.1. The summed E-state index contributed by atoms with van der Waals surface area (Å²) in [6.07, 6.45) is 0. The van der Waals surface area contributed by atoms with Gasteiger partial charge in [-0.15, -0.1) is 0 Å². The lowest BCUT2D eigenvalue weighted by atomic mass is 10.1. The fourth-order valence-corrected chi connectivity index (χ4v) is 4.49. The molecule has 5 rings (SSSR count). The van der Waals surface area contributed by atoms with Crippen molar-refractivity contribution in [1.29, 1.82) is 0 Å². The third-order valence-corrected chi connectivity index (χ3v) is 6.35. The van der Waals surface area contributed by atoms with E-state index in [1.807, 2.05) is 0 Å². The molecule has 0 saturated carbocycles. The average molecular weight is 519 g/mol. The highest BCUT2D eigenvalue weighted by atomic mass is 35.5. The summed E-state index contributed by atoms with van der Waals surface area (Å²) in [7, 11) is 1.52. The Balaban J connectivity index is 1.43. The summed E-state index contributed by atoms with van der Waals surface area (Å²) >= 11 is 18.6. The molecule has 2 heterocycles. The molecule has 0 radical (unpaired) electrons. The highest BCUT2D eigenvalue weighted by molar-refractivity contribution is 6.39. The molecular weight excluding hydrogens is 501 g/mol. The van der Waals surface area contributed by atoms with E-state index >= 15 is 0 Å². The average Bonchev–Trinajstić information content (AvgIpc) is 3.47. The van der Waals surface area contributed by atoms with Crippen molar-refractivity contribution >= 4 is 46.2 Å². The second kappa shape index (κ2) is 9.07. The van der Waals surface area contributed by atoms with E-state index in [4.69, 9.17) is 44.1 Å². The highest BCUT2D eigenvalue weighted by Crippen LogP contribution is 2.38. The lowest BCUT2D eigenvalue weighted by molar-refractivity contribution is 0.342. The maximum Gasteiger partial charge on any atom is 0.262 e. The van der Waals surface area contributed by atoms with Crippen molar-refractivity contribution in [2.75, 3.05) is 25.2 Å². The first kappa shape index (κ1) is 22.9. The standard InChI is InChI=1S/C23H18Cl3N5O3/c1-33-20-13-16(31(32)12-11-30(29-31)21-18(25)3-2-4-19(21)26)9-10-17(20)23-27-22(28-34-23)14-5-7-15(24)8-6-14/h2-10,13,29H,11-12H2,1H3. The number of aromatic nitrogens is 2. The van der Waals surface area contributed by atoms with E-state index < -0.39 is 4.76 Å². The van der Waals surface area contributed by atoms with Gasteiger partial charge in [0.2, 0.25) is 5.82 Å². The Bertz CT molecular complexity index is 1330. The van der Waals surface area contributed by atoms with Crippen LogP contribution in [0.4, 0.5) is 11.4 Å². The molecule has 3 aromatic carbocycles. The van der Waals surface area contributed by atoms with E-state index in [9.17, 15) is 5.21 Å². The SMILES string of the molecule is COc1cc([N+]2([O-])CCN(c3c(Cl)cccc3Cl)N2)ccc1-c1nc(-c2ccc(Cl)cc2)no1. The molecule has 1 fully saturated rings. The van der Waals surface area contributed by atoms with Gasteiger partial charge in [0.1, 0.15) is 12.3 Å². The molecule has 8 nitrogen and oxygen atoms in total. The number of hydrogen-bond acceptors (Lipinski definition) is 7. The van der Waals surface area contributed by atoms with Crippen LogP contribution in [0.15, 0.2) is 65.2 Å². The minimum Gasteiger partial charge on any atom is -0.605 e. The van der Waals surface area contributed by atoms with Crippen molar-refractivity contribution in [3.63, 3.8) is 0 Å². The minimum absolute atomic E-state index is 0.228. The summed E-state index contributed by atoms with van der Waals surface area (Å²) < 4.78 is 10.2. The predicted octanol–water partition coefficient (Wildman–Crippen LogP) is 6.12. The largest absolute Gasteiger partial charge is 0.605 e. The number of hydroxylamine groups is 1. The van der Waals surface area contributed by atoms with Crippen LogP contribution in [0.25, 0.3) is 22.8 Å². The van der Waals surface area contributed by atoms with Gasteiger partial charge in [0, 0.05) is 22.7 Å². The van der Waals surface area contributed by atoms with Crippen LogP contribution in [0.5, 0.6) is 5.75 Å². The molecule has 11 heteroatoms. The molecule has 1 atom stereocenters. The Kier molecular flexibility index (Phi) is 6.11. The molecule has 1 aliphatic heterocycles. The van der Waals surface area contributed by atoms with Crippen LogP contribution in [-0.2, 0) is 0 Å². The molecule has 0 aliphatic carbocycles. The molecular formula is C23H18Cl3N5O3. The minimum atomic E-state index is -0.821. The number of ether oxygens (including phenoxy) is 1. The molecule has 0 bridgehead atoms. The Morgan fingerprint density at radius 3 is 2.50 bits per heavy atom. The van der Waals surface area contributed by atoms with Gasteiger partial charge in [-0.05, 0) is 42.5 Å². The van der Waals surface area contributed by atoms with Crippen LogP contribution < -0.4 is 20.0 Å². The van der Waals surface area contributed by atoms with Gasteiger partial charge in [-0.3, -0.25) is 5.01 Å². The number of rotatable bonds is 5. The van der Waals surface area contributed by atoms with Gasteiger partial charge in [0.25, 0.3) is 5.89 Å². The van der Waals surface area contributed by atoms with Gasteiger partial charge in [-0.25, -0.2) is 4.76 Å². The van der Waals surface area contributed by atoms with Crippen molar-refractivity contribution < 1.29 is 9.26 Å². The number of methoxy groups -OCH3 is 1. The number of hydrazine groups is 1.